The molecule has 0 aliphatic rings. The van der Waals surface area contributed by atoms with E-state index in [0.29, 0.717) is 11.8 Å². The average Bonchev–Trinajstić information content (AvgIpc) is 3.43. The summed E-state index contributed by atoms with van der Waals surface area (Å²) in [7, 11) is 0. The second-order valence-electron chi connectivity index (χ2n) is 7.09. The van der Waals surface area contributed by atoms with Crippen LogP contribution in [-0.2, 0) is 0 Å². The van der Waals surface area contributed by atoms with Crippen LogP contribution in [0.4, 0.5) is 4.39 Å². The SMILES string of the molecule is Cc1cccc(-c2nnc(C(C)Sc3ncnc4scc(-c5ccc(F)cc5)c34)o2)c1. The molecule has 3 heterocycles. The lowest BCUT2D eigenvalue weighted by atomic mass is 10.1. The maximum atomic E-state index is 13.4. The van der Waals surface area contributed by atoms with Crippen molar-refractivity contribution in [3.05, 3.63) is 77.5 Å². The molecule has 8 heteroatoms. The summed E-state index contributed by atoms with van der Waals surface area (Å²) < 4.78 is 19.3. The minimum atomic E-state index is -0.261. The molecule has 0 N–H and O–H groups in total. The van der Waals surface area contributed by atoms with E-state index in [4.69, 9.17) is 4.42 Å². The second-order valence-corrected chi connectivity index (χ2v) is 9.28. The molecule has 5 rings (SSSR count). The van der Waals surface area contributed by atoms with Crippen molar-refractivity contribution in [1.82, 2.24) is 20.2 Å². The van der Waals surface area contributed by atoms with Crippen LogP contribution in [0.1, 0.15) is 23.6 Å². The van der Waals surface area contributed by atoms with Crippen LogP contribution in [0, 0.1) is 12.7 Å². The Hall–Kier alpha value is -3.10. The second kappa shape index (κ2) is 8.20. The van der Waals surface area contributed by atoms with Crippen molar-refractivity contribution in [3.8, 4) is 22.6 Å². The first-order chi connectivity index (χ1) is 15.1. The van der Waals surface area contributed by atoms with E-state index in [1.165, 1.54) is 23.9 Å². The summed E-state index contributed by atoms with van der Waals surface area (Å²) in [4.78, 5) is 9.81. The molecule has 0 bridgehead atoms. The predicted octanol–water partition coefficient (Wildman–Crippen LogP) is 6.71. The van der Waals surface area contributed by atoms with Gasteiger partial charge in [0.25, 0.3) is 0 Å². The highest BCUT2D eigenvalue weighted by Gasteiger charge is 2.20. The molecule has 5 nitrogen and oxygen atoms in total. The van der Waals surface area contributed by atoms with Crippen molar-refractivity contribution in [3.63, 3.8) is 0 Å². The van der Waals surface area contributed by atoms with Crippen LogP contribution in [0.3, 0.4) is 0 Å². The van der Waals surface area contributed by atoms with E-state index in [2.05, 4.69) is 20.2 Å². The van der Waals surface area contributed by atoms with E-state index in [1.54, 1.807) is 29.8 Å². The molecule has 0 saturated heterocycles. The van der Waals surface area contributed by atoms with Crippen LogP contribution in [0.25, 0.3) is 32.8 Å². The lowest BCUT2D eigenvalue weighted by Crippen LogP contribution is -1.92. The quantitative estimate of drug-likeness (QED) is 0.220. The number of nitrogens with zero attached hydrogens (tertiary/aromatic N) is 4. The first kappa shape index (κ1) is 19.8. The van der Waals surface area contributed by atoms with E-state index < -0.39 is 0 Å². The summed E-state index contributed by atoms with van der Waals surface area (Å²) >= 11 is 3.08. The fourth-order valence-electron chi connectivity index (χ4n) is 3.29. The molecule has 154 valence electrons. The largest absolute Gasteiger partial charge is 0.419 e. The maximum absolute atomic E-state index is 13.4. The molecule has 1 atom stereocenters. The van der Waals surface area contributed by atoms with Gasteiger partial charge in [-0.1, -0.05) is 41.6 Å². The number of halogens is 1. The monoisotopic (exact) mass is 448 g/mol. The number of thiophene rings is 1. The van der Waals surface area contributed by atoms with Gasteiger partial charge in [-0.2, -0.15) is 0 Å². The van der Waals surface area contributed by atoms with Gasteiger partial charge in [-0.15, -0.1) is 21.5 Å². The van der Waals surface area contributed by atoms with Crippen LogP contribution in [0.2, 0.25) is 0 Å². The Bertz CT molecular complexity index is 1360. The molecule has 5 aromatic rings. The van der Waals surface area contributed by atoms with Crippen molar-refractivity contribution in [2.75, 3.05) is 0 Å². The molecule has 0 amide bonds. The first-order valence-corrected chi connectivity index (χ1v) is 11.4. The molecular formula is C23H17FN4OS2. The van der Waals surface area contributed by atoms with Gasteiger partial charge in [0, 0.05) is 16.5 Å². The highest BCUT2D eigenvalue weighted by atomic mass is 32.2. The van der Waals surface area contributed by atoms with Crippen LogP contribution < -0.4 is 0 Å². The van der Waals surface area contributed by atoms with Gasteiger partial charge < -0.3 is 4.42 Å². The van der Waals surface area contributed by atoms with Gasteiger partial charge in [0.15, 0.2) is 0 Å². The lowest BCUT2D eigenvalue weighted by molar-refractivity contribution is 0.509. The topological polar surface area (TPSA) is 64.7 Å². The number of fused-ring (bicyclic) bond motifs is 1. The van der Waals surface area contributed by atoms with Crippen molar-refractivity contribution < 1.29 is 8.81 Å². The molecular weight excluding hydrogens is 431 g/mol. The Morgan fingerprint density at radius 1 is 1.03 bits per heavy atom. The Balaban J connectivity index is 1.47. The molecule has 0 aliphatic carbocycles. The van der Waals surface area contributed by atoms with E-state index in [0.717, 1.165) is 37.5 Å². The molecule has 2 aromatic carbocycles. The maximum Gasteiger partial charge on any atom is 0.247 e. The van der Waals surface area contributed by atoms with E-state index >= 15 is 0 Å². The van der Waals surface area contributed by atoms with Crippen LogP contribution in [0.5, 0.6) is 0 Å². The smallest absolute Gasteiger partial charge is 0.247 e. The summed E-state index contributed by atoms with van der Waals surface area (Å²) in [6.07, 6.45) is 1.56. The summed E-state index contributed by atoms with van der Waals surface area (Å²) in [6.45, 7) is 4.04. The Morgan fingerprint density at radius 2 is 1.87 bits per heavy atom. The summed E-state index contributed by atoms with van der Waals surface area (Å²) in [5.74, 6) is 0.775. The third-order valence-corrected chi connectivity index (χ3v) is 6.81. The molecule has 31 heavy (non-hydrogen) atoms. The van der Waals surface area contributed by atoms with Gasteiger partial charge in [-0.3, -0.25) is 0 Å². The average molecular weight is 449 g/mol. The summed E-state index contributed by atoms with van der Waals surface area (Å²) in [5.41, 5.74) is 3.95. The molecule has 1 unspecified atom stereocenters. The number of rotatable bonds is 5. The minimum Gasteiger partial charge on any atom is -0.419 e. The Kier molecular flexibility index (Phi) is 5.25. The van der Waals surface area contributed by atoms with Gasteiger partial charge in [-0.25, -0.2) is 14.4 Å². The number of thioether (sulfide) groups is 1. The van der Waals surface area contributed by atoms with Gasteiger partial charge in [-0.05, 0) is 43.7 Å². The number of aromatic nitrogens is 4. The highest BCUT2D eigenvalue weighted by molar-refractivity contribution is 7.99. The zero-order chi connectivity index (χ0) is 21.4. The van der Waals surface area contributed by atoms with Crippen molar-refractivity contribution in [2.24, 2.45) is 0 Å². The standard InChI is InChI=1S/C23H17FN4OS2/c1-13-4-3-5-16(10-13)21-28-27-20(29-21)14(2)31-23-19-18(11-30-22(19)25-12-26-23)15-6-8-17(24)9-7-15/h3-12,14H,1-2H3. The van der Waals surface area contributed by atoms with E-state index in [-0.39, 0.29) is 11.1 Å². The first-order valence-electron chi connectivity index (χ1n) is 9.64. The zero-order valence-corrected chi connectivity index (χ0v) is 18.4. The van der Waals surface area contributed by atoms with Crippen LogP contribution >= 0.6 is 23.1 Å². The van der Waals surface area contributed by atoms with Crippen molar-refractivity contribution in [2.45, 2.75) is 24.1 Å². The third kappa shape index (κ3) is 3.96. The zero-order valence-electron chi connectivity index (χ0n) is 16.7. The van der Waals surface area contributed by atoms with Gasteiger partial charge in [0.2, 0.25) is 11.8 Å². The van der Waals surface area contributed by atoms with Gasteiger partial charge in [0.1, 0.15) is 22.0 Å². The minimum absolute atomic E-state index is 0.106. The molecule has 0 aliphatic heterocycles. The van der Waals surface area contributed by atoms with Gasteiger partial charge in [0.05, 0.1) is 10.6 Å². The molecule has 0 saturated carbocycles. The Morgan fingerprint density at radius 3 is 2.68 bits per heavy atom. The number of hydrogen-bond donors (Lipinski definition) is 0. The van der Waals surface area contributed by atoms with Crippen molar-refractivity contribution >= 4 is 33.3 Å². The van der Waals surface area contributed by atoms with E-state index in [1.807, 2.05) is 43.5 Å². The summed E-state index contributed by atoms with van der Waals surface area (Å²) in [6, 6.07) is 14.4. The number of benzene rings is 2. The predicted molar refractivity (Wildman–Crippen MR) is 122 cm³/mol. The molecule has 3 aromatic heterocycles. The van der Waals surface area contributed by atoms with Crippen molar-refractivity contribution in [1.29, 1.82) is 0 Å². The fourth-order valence-corrected chi connectivity index (χ4v) is 5.23. The Labute approximate surface area is 186 Å². The van der Waals surface area contributed by atoms with E-state index in [9.17, 15) is 4.39 Å². The normalized spacial score (nSPS) is 12.4. The lowest BCUT2D eigenvalue weighted by Gasteiger charge is -2.08. The van der Waals surface area contributed by atoms with Crippen LogP contribution in [-0.4, -0.2) is 20.2 Å². The van der Waals surface area contributed by atoms with Gasteiger partial charge >= 0.3 is 0 Å². The summed E-state index contributed by atoms with van der Waals surface area (Å²) in [5, 5.41) is 12.2. The number of hydrogen-bond acceptors (Lipinski definition) is 7. The fraction of sp³-hybridized carbons (Fsp3) is 0.130. The third-order valence-electron chi connectivity index (χ3n) is 4.83. The molecule has 0 spiro atoms. The molecule has 0 radical (unpaired) electrons. The van der Waals surface area contributed by atoms with Crippen LogP contribution in [0.15, 0.2) is 69.7 Å². The molecule has 0 fully saturated rings. The number of aryl methyl sites for hydroxylation is 1. The highest BCUT2D eigenvalue weighted by Crippen LogP contribution is 2.42.